The number of hydrogen-bond acceptors (Lipinski definition) is 6. The zero-order valence-corrected chi connectivity index (χ0v) is 23.7. The number of nitrogens with zero attached hydrogens (tertiary/aromatic N) is 6. The molecular weight excluding hydrogens is 506 g/mol. The van der Waals surface area contributed by atoms with Gasteiger partial charge in [0.15, 0.2) is 17.5 Å². The third-order valence-electron chi connectivity index (χ3n) is 6.60. The Morgan fingerprint density at radius 3 is 2.42 bits per heavy atom. The minimum atomic E-state index is -0.641. The Bertz CT molecular complexity index is 1390. The summed E-state index contributed by atoms with van der Waals surface area (Å²) in [7, 11) is 3.40. The molecule has 11 heteroatoms. The fourth-order valence-corrected chi connectivity index (χ4v) is 4.69. The van der Waals surface area contributed by atoms with Gasteiger partial charge in [0.25, 0.3) is 0 Å². The number of aromatic amines is 1. The van der Waals surface area contributed by atoms with Crippen LogP contribution >= 0.6 is 11.8 Å². The van der Waals surface area contributed by atoms with E-state index in [4.69, 9.17) is 4.99 Å². The number of halogens is 2. The molecular formula is C27H34F2N8S. The summed E-state index contributed by atoms with van der Waals surface area (Å²) in [6, 6.07) is 4.56. The largest absolute Gasteiger partial charge is 0.328 e. The van der Waals surface area contributed by atoms with Crippen molar-refractivity contribution in [3.8, 4) is 0 Å². The van der Waals surface area contributed by atoms with Gasteiger partial charge in [-0.25, -0.2) is 13.8 Å². The van der Waals surface area contributed by atoms with Crippen molar-refractivity contribution >= 4 is 34.7 Å². The van der Waals surface area contributed by atoms with Crippen LogP contribution in [0.2, 0.25) is 0 Å². The first-order valence-corrected chi connectivity index (χ1v) is 13.8. The predicted octanol–water partition coefficient (Wildman–Crippen LogP) is 6.32. The average molecular weight is 541 g/mol. The molecule has 4 rings (SSSR count). The Morgan fingerprint density at radius 1 is 1.24 bits per heavy atom. The second-order valence-electron chi connectivity index (χ2n) is 9.48. The van der Waals surface area contributed by atoms with Crippen LogP contribution in [0.5, 0.6) is 0 Å². The number of hydrogen-bond donors (Lipinski definition) is 2. The van der Waals surface area contributed by atoms with Crippen LogP contribution in [-0.2, 0) is 7.05 Å². The number of amidine groups is 1. The van der Waals surface area contributed by atoms with E-state index in [-0.39, 0.29) is 11.6 Å². The van der Waals surface area contributed by atoms with Crippen molar-refractivity contribution in [3.63, 3.8) is 0 Å². The van der Waals surface area contributed by atoms with Crippen molar-refractivity contribution in [1.82, 2.24) is 25.2 Å². The van der Waals surface area contributed by atoms with E-state index in [0.29, 0.717) is 22.4 Å². The molecule has 38 heavy (non-hydrogen) atoms. The van der Waals surface area contributed by atoms with E-state index in [1.54, 1.807) is 38.3 Å². The van der Waals surface area contributed by atoms with Gasteiger partial charge in [-0.2, -0.15) is 20.1 Å². The van der Waals surface area contributed by atoms with Crippen LogP contribution in [0.3, 0.4) is 0 Å². The zero-order valence-electron chi connectivity index (χ0n) is 22.9. The highest BCUT2D eigenvalue weighted by Crippen LogP contribution is 2.46. The first kappa shape index (κ1) is 27.6. The van der Waals surface area contributed by atoms with Gasteiger partial charge in [-0.05, 0) is 64.3 Å². The highest BCUT2D eigenvalue weighted by molar-refractivity contribution is 7.98. The smallest absolute Gasteiger partial charge is 0.153 e. The molecule has 2 N–H and O–H groups in total. The summed E-state index contributed by atoms with van der Waals surface area (Å²) in [5.74, 6) is 0.560. The molecule has 0 unspecified atom stereocenters. The summed E-state index contributed by atoms with van der Waals surface area (Å²) in [6.07, 6.45) is 6.37. The zero-order chi connectivity index (χ0) is 27.6. The Morgan fingerprint density at radius 2 is 1.92 bits per heavy atom. The molecule has 2 aromatic heterocycles. The Labute approximate surface area is 226 Å². The minimum absolute atomic E-state index is 0.151. The SMILES string of the molecule is CC/C(C)=C(/C(=C(\N=C(/C)N(C)c1c(F)cc(SC)cc1F)Nc1cc(C)[nH]n1)C1CC1)c1cnn(C)n1. The van der Waals surface area contributed by atoms with Gasteiger partial charge in [0.1, 0.15) is 23.0 Å². The summed E-state index contributed by atoms with van der Waals surface area (Å²) >= 11 is 1.29. The van der Waals surface area contributed by atoms with Gasteiger partial charge in [0, 0.05) is 41.9 Å². The van der Waals surface area contributed by atoms with Gasteiger partial charge >= 0.3 is 0 Å². The molecule has 0 spiro atoms. The first-order valence-electron chi connectivity index (χ1n) is 12.5. The predicted molar refractivity (Wildman–Crippen MR) is 150 cm³/mol. The van der Waals surface area contributed by atoms with Gasteiger partial charge in [-0.3, -0.25) is 5.10 Å². The maximum Gasteiger partial charge on any atom is 0.153 e. The topological polar surface area (TPSA) is 87.0 Å². The van der Waals surface area contributed by atoms with Gasteiger partial charge in [0.05, 0.1) is 6.20 Å². The summed E-state index contributed by atoms with van der Waals surface area (Å²) in [6.45, 7) is 7.85. The van der Waals surface area contributed by atoms with E-state index in [0.717, 1.165) is 47.4 Å². The molecule has 3 aromatic rings. The molecule has 1 aromatic carbocycles. The highest BCUT2D eigenvalue weighted by atomic mass is 32.2. The van der Waals surface area contributed by atoms with E-state index >= 15 is 0 Å². The number of nitrogens with one attached hydrogen (secondary N) is 2. The molecule has 1 saturated carbocycles. The quantitative estimate of drug-likeness (QED) is 0.143. The van der Waals surface area contributed by atoms with Gasteiger partial charge in [-0.1, -0.05) is 12.5 Å². The van der Waals surface area contributed by atoms with Gasteiger partial charge in [0.2, 0.25) is 0 Å². The fourth-order valence-electron chi connectivity index (χ4n) is 4.25. The van der Waals surface area contributed by atoms with Crippen LogP contribution in [0.1, 0.15) is 51.4 Å². The van der Waals surface area contributed by atoms with E-state index in [2.05, 4.69) is 39.6 Å². The second kappa shape index (κ2) is 11.5. The normalized spacial score (nSPS) is 15.3. The number of benzene rings is 1. The van der Waals surface area contributed by atoms with Crippen molar-refractivity contribution in [1.29, 1.82) is 0 Å². The lowest BCUT2D eigenvalue weighted by Gasteiger charge is -2.23. The van der Waals surface area contributed by atoms with Gasteiger partial charge in [-0.15, -0.1) is 11.8 Å². The van der Waals surface area contributed by atoms with Crippen molar-refractivity contribution < 1.29 is 8.78 Å². The number of aliphatic imine (C=N–C) groups is 1. The number of aryl methyl sites for hydroxylation is 2. The molecule has 0 atom stereocenters. The third-order valence-corrected chi connectivity index (χ3v) is 7.30. The number of rotatable bonds is 9. The standard InChI is InChI=1S/C27H34F2N8S/c1-8-15(2)24(22-14-30-37(6)35-22)25(18-9-10-18)27(32-23-11-16(3)33-34-23)31-17(4)36(5)26-20(28)12-19(38-7)13-21(26)29/h11-14,18H,8-10H2,1-7H3,(H2,32,33,34)/b24-15+,27-25+,31-17+. The monoisotopic (exact) mass is 540 g/mol. The van der Waals surface area contributed by atoms with Crippen molar-refractivity contribution in [2.24, 2.45) is 18.0 Å². The number of allylic oxidation sites excluding steroid dienone is 3. The Hall–Kier alpha value is -3.47. The molecule has 0 aliphatic heterocycles. The fraction of sp³-hybridized carbons (Fsp3) is 0.407. The molecule has 1 aliphatic carbocycles. The average Bonchev–Trinajstić information content (AvgIpc) is 3.50. The van der Waals surface area contributed by atoms with E-state index in [9.17, 15) is 8.78 Å². The van der Waals surface area contributed by atoms with Crippen molar-refractivity contribution in [2.75, 3.05) is 23.5 Å². The molecule has 1 fully saturated rings. The molecule has 202 valence electrons. The second-order valence-corrected chi connectivity index (χ2v) is 10.4. The molecule has 2 heterocycles. The minimum Gasteiger partial charge on any atom is -0.328 e. The van der Waals surface area contributed by atoms with Crippen LogP contribution in [0, 0.1) is 24.5 Å². The van der Waals surface area contributed by atoms with Crippen molar-refractivity contribution in [3.05, 3.63) is 64.4 Å². The summed E-state index contributed by atoms with van der Waals surface area (Å²) in [4.78, 5) is 8.44. The lowest BCUT2D eigenvalue weighted by Crippen LogP contribution is -2.26. The number of H-pyrrole nitrogens is 1. The van der Waals surface area contributed by atoms with Crippen LogP contribution in [-0.4, -0.2) is 44.3 Å². The number of aromatic nitrogens is 5. The van der Waals surface area contributed by atoms with E-state index in [1.807, 2.05) is 13.0 Å². The molecule has 0 bridgehead atoms. The first-order chi connectivity index (χ1) is 18.1. The van der Waals surface area contributed by atoms with Crippen LogP contribution in [0.4, 0.5) is 20.3 Å². The maximum absolute atomic E-state index is 15.0. The van der Waals surface area contributed by atoms with Crippen LogP contribution in [0.15, 0.2) is 51.3 Å². The number of anilines is 2. The molecule has 8 nitrogen and oxygen atoms in total. The molecule has 1 aliphatic rings. The maximum atomic E-state index is 15.0. The van der Waals surface area contributed by atoms with Crippen LogP contribution in [0.25, 0.3) is 5.57 Å². The lowest BCUT2D eigenvalue weighted by atomic mass is 9.93. The van der Waals surface area contributed by atoms with Crippen molar-refractivity contribution in [2.45, 2.75) is 51.9 Å². The van der Waals surface area contributed by atoms with Gasteiger partial charge < -0.3 is 10.2 Å². The van der Waals surface area contributed by atoms with E-state index < -0.39 is 11.6 Å². The molecule has 0 radical (unpaired) electrons. The summed E-state index contributed by atoms with van der Waals surface area (Å²) in [5, 5.41) is 19.6. The third kappa shape index (κ3) is 5.98. The van der Waals surface area contributed by atoms with E-state index in [1.165, 1.54) is 28.8 Å². The molecule has 0 amide bonds. The molecule has 0 saturated heterocycles. The summed E-state index contributed by atoms with van der Waals surface area (Å²) in [5.41, 5.74) is 4.63. The lowest BCUT2D eigenvalue weighted by molar-refractivity contribution is 0.579. The highest BCUT2D eigenvalue weighted by Gasteiger charge is 2.34. The number of thioether (sulfide) groups is 1. The Kier molecular flexibility index (Phi) is 8.35. The summed E-state index contributed by atoms with van der Waals surface area (Å²) < 4.78 is 30.0. The van der Waals surface area contributed by atoms with Crippen LogP contribution < -0.4 is 10.2 Å². The Balaban J connectivity index is 1.90.